The highest BCUT2D eigenvalue weighted by Gasteiger charge is 2.38. The monoisotopic (exact) mass is 323 g/mol. The van der Waals surface area contributed by atoms with Crippen LogP contribution in [0.4, 0.5) is 11.4 Å². The van der Waals surface area contributed by atoms with Gasteiger partial charge in [0.05, 0.1) is 23.7 Å². The van der Waals surface area contributed by atoms with Crippen molar-refractivity contribution in [1.82, 2.24) is 9.55 Å². The molecular formula is C18H14ClN3O. The first-order valence-corrected chi connectivity index (χ1v) is 8.07. The van der Waals surface area contributed by atoms with Crippen LogP contribution in [-0.4, -0.2) is 15.1 Å². The average Bonchev–Trinajstić information content (AvgIpc) is 3.11. The summed E-state index contributed by atoms with van der Waals surface area (Å²) in [6.07, 6.45) is 6.45. The first-order chi connectivity index (χ1) is 11.3. The second kappa shape index (κ2) is 4.77. The summed E-state index contributed by atoms with van der Waals surface area (Å²) in [7, 11) is 0. The van der Waals surface area contributed by atoms with Gasteiger partial charge in [-0.2, -0.15) is 0 Å². The summed E-state index contributed by atoms with van der Waals surface area (Å²) in [6.45, 7) is 0. The zero-order chi connectivity index (χ0) is 15.4. The van der Waals surface area contributed by atoms with E-state index >= 15 is 0 Å². The van der Waals surface area contributed by atoms with E-state index in [0.29, 0.717) is 0 Å². The smallest absolute Gasteiger partial charge is 0.151 e. The molecule has 4 nitrogen and oxygen atoms in total. The molecular weight excluding hydrogens is 310 g/mol. The third kappa shape index (κ3) is 1.82. The molecule has 0 aliphatic carbocycles. The lowest BCUT2D eigenvalue weighted by Crippen LogP contribution is -2.37. The number of hydrogen-bond acceptors (Lipinski definition) is 3. The number of halogens is 1. The molecule has 0 amide bonds. The van der Waals surface area contributed by atoms with Crippen molar-refractivity contribution >= 4 is 23.0 Å². The maximum atomic E-state index is 6.79. The molecule has 0 saturated carbocycles. The largest absolute Gasteiger partial charge is 0.453 e. The summed E-state index contributed by atoms with van der Waals surface area (Å²) >= 11 is 6.79. The van der Waals surface area contributed by atoms with E-state index in [1.165, 1.54) is 5.56 Å². The highest BCUT2D eigenvalue weighted by atomic mass is 35.5. The molecule has 0 N–H and O–H groups in total. The zero-order valence-corrected chi connectivity index (χ0v) is 13.0. The van der Waals surface area contributed by atoms with Gasteiger partial charge >= 0.3 is 0 Å². The number of anilines is 2. The molecule has 114 valence electrons. The van der Waals surface area contributed by atoms with Crippen molar-refractivity contribution in [3.8, 4) is 11.5 Å². The van der Waals surface area contributed by atoms with Crippen LogP contribution in [0, 0.1) is 0 Å². The molecule has 2 unspecified atom stereocenters. The summed E-state index contributed by atoms with van der Waals surface area (Å²) in [6, 6.07) is 14.4. The first kappa shape index (κ1) is 13.0. The normalized spacial score (nSPS) is 21.3. The van der Waals surface area contributed by atoms with Gasteiger partial charge in [0.25, 0.3) is 0 Å². The summed E-state index contributed by atoms with van der Waals surface area (Å²) in [5, 5.41) is 0. The average molecular weight is 324 g/mol. The highest BCUT2D eigenvalue weighted by Crippen LogP contribution is 2.54. The van der Waals surface area contributed by atoms with E-state index in [9.17, 15) is 0 Å². The maximum absolute atomic E-state index is 6.79. The number of ether oxygens (including phenoxy) is 1. The van der Waals surface area contributed by atoms with Crippen molar-refractivity contribution in [2.75, 3.05) is 4.90 Å². The lowest BCUT2D eigenvalue weighted by molar-refractivity contribution is 0.445. The Balaban J connectivity index is 1.74. The molecule has 3 aromatic rings. The minimum atomic E-state index is -0.138. The van der Waals surface area contributed by atoms with Gasteiger partial charge in [-0.25, -0.2) is 4.98 Å². The molecule has 0 spiro atoms. The lowest BCUT2D eigenvalue weighted by Gasteiger charge is -2.43. The number of hydrogen-bond donors (Lipinski definition) is 0. The van der Waals surface area contributed by atoms with Crippen LogP contribution in [0.1, 0.15) is 18.0 Å². The van der Waals surface area contributed by atoms with E-state index in [1.54, 1.807) is 6.20 Å². The van der Waals surface area contributed by atoms with Gasteiger partial charge in [0.2, 0.25) is 0 Å². The number of nitrogens with zero attached hydrogens (tertiary/aromatic N) is 3. The van der Waals surface area contributed by atoms with E-state index in [-0.39, 0.29) is 11.5 Å². The molecule has 0 saturated heterocycles. The van der Waals surface area contributed by atoms with E-state index in [2.05, 4.69) is 26.6 Å². The second-order valence-electron chi connectivity index (χ2n) is 5.83. The van der Waals surface area contributed by atoms with Crippen LogP contribution in [-0.2, 0) is 0 Å². The molecule has 3 heterocycles. The maximum Gasteiger partial charge on any atom is 0.151 e. The molecule has 0 radical (unpaired) electrons. The van der Waals surface area contributed by atoms with Crippen molar-refractivity contribution in [3.63, 3.8) is 0 Å². The molecule has 1 aromatic heterocycles. The SMILES string of the molecule is ClC1CC(n2ccnc2)c2cccc3c2N1c1ccccc1O3. The van der Waals surface area contributed by atoms with E-state index in [4.69, 9.17) is 16.3 Å². The van der Waals surface area contributed by atoms with Gasteiger partial charge in [-0.3, -0.25) is 0 Å². The molecule has 5 heteroatoms. The van der Waals surface area contributed by atoms with Gasteiger partial charge in [-0.15, -0.1) is 0 Å². The van der Waals surface area contributed by atoms with E-state index in [0.717, 1.165) is 29.3 Å². The van der Waals surface area contributed by atoms with Crippen molar-refractivity contribution in [3.05, 3.63) is 66.7 Å². The summed E-state index contributed by atoms with van der Waals surface area (Å²) < 4.78 is 8.23. The zero-order valence-electron chi connectivity index (χ0n) is 12.3. The van der Waals surface area contributed by atoms with Gasteiger partial charge in [-0.1, -0.05) is 35.9 Å². The molecule has 2 aromatic carbocycles. The van der Waals surface area contributed by atoms with Gasteiger partial charge in [0.15, 0.2) is 11.5 Å². The Bertz CT molecular complexity index is 878. The minimum Gasteiger partial charge on any atom is -0.453 e. The third-order valence-corrected chi connectivity index (χ3v) is 4.93. The number of aromatic nitrogens is 2. The van der Waals surface area contributed by atoms with Crippen LogP contribution in [0.15, 0.2) is 61.2 Å². The minimum absolute atomic E-state index is 0.138. The second-order valence-corrected chi connectivity index (χ2v) is 6.33. The number of alkyl halides is 1. The van der Waals surface area contributed by atoms with Gasteiger partial charge in [0.1, 0.15) is 5.50 Å². The van der Waals surface area contributed by atoms with Crippen molar-refractivity contribution in [2.45, 2.75) is 18.0 Å². The van der Waals surface area contributed by atoms with Crippen LogP contribution in [0.3, 0.4) is 0 Å². The number of para-hydroxylation sites is 3. The lowest BCUT2D eigenvalue weighted by atomic mass is 9.93. The fourth-order valence-electron chi connectivity index (χ4n) is 3.57. The summed E-state index contributed by atoms with van der Waals surface area (Å²) in [5.74, 6) is 1.71. The number of benzene rings is 2. The van der Waals surface area contributed by atoms with E-state index < -0.39 is 0 Å². The number of fused-ring (bicyclic) bond motifs is 2. The molecule has 0 bridgehead atoms. The summed E-state index contributed by atoms with van der Waals surface area (Å²) in [5.41, 5.74) is 3.17. The Morgan fingerprint density at radius 3 is 2.83 bits per heavy atom. The Kier molecular flexibility index (Phi) is 2.70. The van der Waals surface area contributed by atoms with Crippen molar-refractivity contribution in [1.29, 1.82) is 0 Å². The van der Waals surface area contributed by atoms with Crippen LogP contribution in [0.5, 0.6) is 11.5 Å². The topological polar surface area (TPSA) is 30.3 Å². The van der Waals surface area contributed by atoms with Gasteiger partial charge in [-0.05, 0) is 18.2 Å². The Morgan fingerprint density at radius 1 is 1.09 bits per heavy atom. The van der Waals surface area contributed by atoms with Crippen LogP contribution in [0.25, 0.3) is 0 Å². The van der Waals surface area contributed by atoms with Gasteiger partial charge < -0.3 is 14.2 Å². The number of rotatable bonds is 1. The van der Waals surface area contributed by atoms with Crippen LogP contribution < -0.4 is 9.64 Å². The predicted octanol–water partition coefficient (Wildman–Crippen LogP) is 4.68. The van der Waals surface area contributed by atoms with E-state index in [1.807, 2.05) is 42.9 Å². The standard InChI is InChI=1S/C18H14ClN3O/c19-17-10-14(21-9-8-20-11-21)12-4-3-7-16-18(12)22(17)13-5-1-2-6-15(13)23-16/h1-9,11,14,17H,10H2. The van der Waals surface area contributed by atoms with Gasteiger partial charge in [0, 0.05) is 24.4 Å². The molecule has 0 fully saturated rings. The molecule has 5 rings (SSSR count). The quantitative estimate of drug-likeness (QED) is 0.481. The van der Waals surface area contributed by atoms with Crippen LogP contribution in [0.2, 0.25) is 0 Å². The Labute approximate surface area is 138 Å². The Morgan fingerprint density at radius 2 is 1.96 bits per heavy atom. The molecule has 23 heavy (non-hydrogen) atoms. The molecule has 2 atom stereocenters. The fourth-order valence-corrected chi connectivity index (χ4v) is 3.94. The third-order valence-electron chi connectivity index (χ3n) is 4.56. The summed E-state index contributed by atoms with van der Waals surface area (Å²) in [4.78, 5) is 6.37. The molecule has 2 aliphatic rings. The predicted molar refractivity (Wildman–Crippen MR) is 89.7 cm³/mol. The molecule has 2 aliphatic heterocycles. The first-order valence-electron chi connectivity index (χ1n) is 7.63. The number of imidazole rings is 1. The van der Waals surface area contributed by atoms with Crippen molar-refractivity contribution < 1.29 is 4.74 Å². The highest BCUT2D eigenvalue weighted by molar-refractivity contribution is 6.23. The van der Waals surface area contributed by atoms with Crippen LogP contribution >= 0.6 is 11.6 Å². The Hall–Kier alpha value is -2.46. The van der Waals surface area contributed by atoms with Crippen molar-refractivity contribution in [2.24, 2.45) is 0 Å². The fraction of sp³-hybridized carbons (Fsp3) is 0.167.